The van der Waals surface area contributed by atoms with Crippen molar-refractivity contribution in [2.75, 3.05) is 25.6 Å². The highest BCUT2D eigenvalue weighted by Crippen LogP contribution is 2.34. The molecule has 2 rings (SSSR count). The van der Waals surface area contributed by atoms with Gasteiger partial charge >= 0.3 is 5.97 Å². The summed E-state index contributed by atoms with van der Waals surface area (Å²) in [6.07, 6.45) is 0. The van der Waals surface area contributed by atoms with Crippen LogP contribution in [0.3, 0.4) is 0 Å². The second kappa shape index (κ2) is 6.52. The monoisotopic (exact) mass is 280 g/mol. The van der Waals surface area contributed by atoms with Gasteiger partial charge in [-0.3, -0.25) is 0 Å². The maximum atomic E-state index is 11.4. The van der Waals surface area contributed by atoms with Crippen molar-refractivity contribution < 1.29 is 19.0 Å². The van der Waals surface area contributed by atoms with Crippen LogP contribution in [0, 0.1) is 0 Å². The lowest BCUT2D eigenvalue weighted by molar-refractivity contribution is -0.138. The number of fused-ring (bicyclic) bond motifs is 1. The molecule has 19 heavy (non-hydrogen) atoms. The highest BCUT2D eigenvalue weighted by atomic mass is 32.2. The minimum atomic E-state index is -0.340. The number of rotatable bonds is 5. The molecular weight excluding hydrogens is 264 g/mol. The van der Waals surface area contributed by atoms with Gasteiger partial charge in [0.05, 0.1) is 6.61 Å². The van der Waals surface area contributed by atoms with Crippen molar-refractivity contribution in [1.82, 2.24) is 0 Å². The van der Waals surface area contributed by atoms with Crippen LogP contribution >= 0.6 is 11.8 Å². The predicted octanol–water partition coefficient (Wildman–Crippen LogP) is 2.67. The van der Waals surface area contributed by atoms with Crippen molar-refractivity contribution in [3.63, 3.8) is 0 Å². The van der Waals surface area contributed by atoms with E-state index in [1.807, 2.05) is 18.2 Å². The Labute approximate surface area is 116 Å². The van der Waals surface area contributed by atoms with E-state index in [1.165, 1.54) is 11.8 Å². The molecule has 1 aliphatic rings. The maximum Gasteiger partial charge on any atom is 0.334 e. The Hall–Kier alpha value is -1.62. The van der Waals surface area contributed by atoms with E-state index in [1.54, 1.807) is 6.92 Å². The van der Waals surface area contributed by atoms with Gasteiger partial charge < -0.3 is 14.2 Å². The number of ether oxygens (including phenoxy) is 3. The first-order chi connectivity index (χ1) is 9.20. The maximum absolute atomic E-state index is 11.4. The summed E-state index contributed by atoms with van der Waals surface area (Å²) < 4.78 is 15.8. The Kier molecular flexibility index (Phi) is 4.74. The largest absolute Gasteiger partial charge is 0.486 e. The summed E-state index contributed by atoms with van der Waals surface area (Å²) in [7, 11) is 0. The third-order valence-electron chi connectivity index (χ3n) is 2.49. The summed E-state index contributed by atoms with van der Waals surface area (Å²) in [5.74, 6) is 1.67. The molecule has 102 valence electrons. The first-order valence-electron chi connectivity index (χ1n) is 6.08. The average molecular weight is 280 g/mol. The Bertz CT molecular complexity index is 484. The number of thioether (sulfide) groups is 1. The van der Waals surface area contributed by atoms with Crippen molar-refractivity contribution in [3.8, 4) is 11.5 Å². The number of esters is 1. The molecule has 0 unspecified atom stereocenters. The van der Waals surface area contributed by atoms with Crippen LogP contribution in [-0.4, -0.2) is 31.5 Å². The third kappa shape index (κ3) is 3.67. The summed E-state index contributed by atoms with van der Waals surface area (Å²) in [6, 6.07) is 5.73. The second-order valence-corrected chi connectivity index (χ2v) is 4.97. The molecular formula is C14H16O4S. The van der Waals surface area contributed by atoms with Crippen molar-refractivity contribution >= 4 is 17.7 Å². The minimum Gasteiger partial charge on any atom is -0.486 e. The number of hydrogen-bond acceptors (Lipinski definition) is 5. The second-order valence-electron chi connectivity index (χ2n) is 3.92. The molecule has 0 spiro atoms. The van der Waals surface area contributed by atoms with Gasteiger partial charge in [-0.15, -0.1) is 11.8 Å². The smallest absolute Gasteiger partial charge is 0.334 e. The van der Waals surface area contributed by atoms with E-state index >= 15 is 0 Å². The van der Waals surface area contributed by atoms with Crippen LogP contribution in [0.2, 0.25) is 0 Å². The van der Waals surface area contributed by atoms with Gasteiger partial charge in [0, 0.05) is 16.2 Å². The van der Waals surface area contributed by atoms with Gasteiger partial charge in [0.1, 0.15) is 13.2 Å². The molecule has 1 aromatic carbocycles. The molecule has 4 nitrogen and oxygen atoms in total. The summed E-state index contributed by atoms with van der Waals surface area (Å²) >= 11 is 1.52. The molecule has 1 aliphatic heterocycles. The predicted molar refractivity (Wildman–Crippen MR) is 73.9 cm³/mol. The molecule has 0 atom stereocenters. The summed E-state index contributed by atoms with van der Waals surface area (Å²) in [5, 5.41) is 0. The van der Waals surface area contributed by atoms with Crippen LogP contribution in [-0.2, 0) is 9.53 Å². The van der Waals surface area contributed by atoms with Gasteiger partial charge in [-0.1, -0.05) is 6.58 Å². The van der Waals surface area contributed by atoms with Crippen LogP contribution in [0.25, 0.3) is 0 Å². The van der Waals surface area contributed by atoms with Gasteiger partial charge in [0.25, 0.3) is 0 Å². The molecule has 1 aromatic rings. The Morgan fingerprint density at radius 2 is 2.11 bits per heavy atom. The van der Waals surface area contributed by atoms with Gasteiger partial charge in [0.2, 0.25) is 0 Å². The standard InChI is InChI=1S/C14H16O4S/c1-3-16-14(15)10(2)9-19-11-4-5-12-13(8-11)18-7-6-17-12/h4-5,8H,2-3,6-7,9H2,1H3. The van der Waals surface area contributed by atoms with E-state index in [0.717, 1.165) is 16.4 Å². The molecule has 5 heteroatoms. The van der Waals surface area contributed by atoms with E-state index in [9.17, 15) is 4.79 Å². The number of hydrogen-bond donors (Lipinski definition) is 0. The molecule has 0 amide bonds. The fourth-order valence-corrected chi connectivity index (χ4v) is 2.39. The van der Waals surface area contributed by atoms with Crippen molar-refractivity contribution in [3.05, 3.63) is 30.4 Å². The molecule has 0 radical (unpaired) electrons. The molecule has 0 bridgehead atoms. The quantitative estimate of drug-likeness (QED) is 0.471. The van der Waals surface area contributed by atoms with Crippen LogP contribution in [0.5, 0.6) is 11.5 Å². The SMILES string of the molecule is C=C(CSc1ccc2c(c1)OCCO2)C(=O)OCC. The zero-order valence-electron chi connectivity index (χ0n) is 10.8. The van der Waals surface area contributed by atoms with E-state index in [-0.39, 0.29) is 5.97 Å². The van der Waals surface area contributed by atoms with Crippen molar-refractivity contribution in [2.24, 2.45) is 0 Å². The number of carbonyl (C=O) groups excluding carboxylic acids is 1. The summed E-state index contributed by atoms with van der Waals surface area (Å²) in [6.45, 7) is 7.02. The fourth-order valence-electron chi connectivity index (χ4n) is 1.58. The Morgan fingerprint density at radius 3 is 2.84 bits per heavy atom. The molecule has 0 aliphatic carbocycles. The van der Waals surface area contributed by atoms with Gasteiger partial charge in [0.15, 0.2) is 11.5 Å². The molecule has 1 heterocycles. The highest BCUT2D eigenvalue weighted by Gasteiger charge is 2.13. The summed E-state index contributed by atoms with van der Waals surface area (Å²) in [4.78, 5) is 12.4. The zero-order valence-corrected chi connectivity index (χ0v) is 11.6. The van der Waals surface area contributed by atoms with Gasteiger partial charge in [-0.05, 0) is 25.1 Å². The molecule has 0 saturated heterocycles. The first kappa shape index (κ1) is 13.8. The average Bonchev–Trinajstić information content (AvgIpc) is 2.44. The Balaban J connectivity index is 1.93. The Morgan fingerprint density at radius 1 is 1.37 bits per heavy atom. The molecule has 0 fully saturated rings. The summed E-state index contributed by atoms with van der Waals surface area (Å²) in [5.41, 5.74) is 0.460. The van der Waals surface area contributed by atoms with Crippen molar-refractivity contribution in [2.45, 2.75) is 11.8 Å². The number of benzene rings is 1. The lowest BCUT2D eigenvalue weighted by Crippen LogP contribution is -2.15. The molecule has 0 N–H and O–H groups in total. The van der Waals surface area contributed by atoms with E-state index in [4.69, 9.17) is 14.2 Å². The minimum absolute atomic E-state index is 0.340. The normalized spacial score (nSPS) is 12.9. The van der Waals surface area contributed by atoms with Crippen LogP contribution < -0.4 is 9.47 Å². The lowest BCUT2D eigenvalue weighted by atomic mass is 10.3. The van der Waals surface area contributed by atoms with Gasteiger partial charge in [-0.2, -0.15) is 0 Å². The van der Waals surface area contributed by atoms with Gasteiger partial charge in [-0.25, -0.2) is 4.79 Å². The van der Waals surface area contributed by atoms with Crippen LogP contribution in [0.4, 0.5) is 0 Å². The number of carbonyl (C=O) groups is 1. The lowest BCUT2D eigenvalue weighted by Gasteiger charge is -2.18. The van der Waals surface area contributed by atoms with Crippen LogP contribution in [0.1, 0.15) is 6.92 Å². The van der Waals surface area contributed by atoms with E-state index < -0.39 is 0 Å². The fraction of sp³-hybridized carbons (Fsp3) is 0.357. The molecule has 0 aromatic heterocycles. The zero-order chi connectivity index (χ0) is 13.7. The van der Waals surface area contributed by atoms with Crippen LogP contribution in [0.15, 0.2) is 35.2 Å². The molecule has 0 saturated carbocycles. The van der Waals surface area contributed by atoms with E-state index in [0.29, 0.717) is 31.1 Å². The highest BCUT2D eigenvalue weighted by molar-refractivity contribution is 7.99. The topological polar surface area (TPSA) is 44.8 Å². The first-order valence-corrected chi connectivity index (χ1v) is 7.06. The third-order valence-corrected chi connectivity index (χ3v) is 3.57. The van der Waals surface area contributed by atoms with Crippen molar-refractivity contribution in [1.29, 1.82) is 0 Å². The van der Waals surface area contributed by atoms with E-state index in [2.05, 4.69) is 6.58 Å².